The molecule has 0 amide bonds. The van der Waals surface area contributed by atoms with Crippen LogP contribution in [0.1, 0.15) is 33.0 Å². The molecular weight excluding hydrogens is 238 g/mol. The maximum atomic E-state index is 11.1. The number of benzene rings is 2. The minimum atomic E-state index is -0.897. The van der Waals surface area contributed by atoms with Crippen LogP contribution in [0, 0.1) is 6.92 Å². The van der Waals surface area contributed by atoms with E-state index in [1.807, 2.05) is 6.07 Å². The minimum absolute atomic E-state index is 0.101. The van der Waals surface area contributed by atoms with Crippen molar-refractivity contribution < 1.29 is 9.90 Å². The fourth-order valence-corrected chi connectivity index (χ4v) is 2.87. The van der Waals surface area contributed by atoms with Gasteiger partial charge in [0.1, 0.15) is 0 Å². The number of aromatic carboxylic acids is 1. The summed E-state index contributed by atoms with van der Waals surface area (Å²) < 4.78 is 0. The van der Waals surface area contributed by atoms with Gasteiger partial charge in [0.15, 0.2) is 0 Å². The molecule has 1 atom stereocenters. The van der Waals surface area contributed by atoms with Crippen LogP contribution in [0.2, 0.25) is 0 Å². The average molecular weight is 253 g/mol. The molecule has 1 aliphatic rings. The van der Waals surface area contributed by atoms with Crippen molar-refractivity contribution in [1.29, 1.82) is 0 Å². The normalized spacial score (nSPS) is 16.0. The highest BCUT2D eigenvalue weighted by Gasteiger charge is 2.28. The van der Waals surface area contributed by atoms with E-state index in [1.54, 1.807) is 12.1 Å². The monoisotopic (exact) mass is 253 g/mol. The molecule has 3 N–H and O–H groups in total. The highest BCUT2D eigenvalue weighted by Crippen LogP contribution is 2.44. The first-order valence-electron chi connectivity index (χ1n) is 6.30. The third-order valence-electron chi connectivity index (χ3n) is 3.78. The van der Waals surface area contributed by atoms with Gasteiger partial charge in [-0.15, -0.1) is 0 Å². The van der Waals surface area contributed by atoms with Gasteiger partial charge >= 0.3 is 5.97 Å². The van der Waals surface area contributed by atoms with Gasteiger partial charge in [0.05, 0.1) is 5.56 Å². The maximum Gasteiger partial charge on any atom is 0.335 e. The van der Waals surface area contributed by atoms with Crippen molar-refractivity contribution in [2.75, 3.05) is 6.54 Å². The van der Waals surface area contributed by atoms with E-state index in [0.29, 0.717) is 12.1 Å². The van der Waals surface area contributed by atoms with E-state index in [0.717, 1.165) is 11.1 Å². The molecular formula is C16H15NO2. The lowest BCUT2D eigenvalue weighted by molar-refractivity contribution is 0.0697. The minimum Gasteiger partial charge on any atom is -0.478 e. The van der Waals surface area contributed by atoms with E-state index >= 15 is 0 Å². The number of carboxylic acids is 1. The third-order valence-corrected chi connectivity index (χ3v) is 3.78. The lowest BCUT2D eigenvalue weighted by atomic mass is 9.95. The Hall–Kier alpha value is -2.13. The Morgan fingerprint density at radius 3 is 2.42 bits per heavy atom. The van der Waals surface area contributed by atoms with Crippen molar-refractivity contribution in [2.24, 2.45) is 5.73 Å². The van der Waals surface area contributed by atoms with Crippen molar-refractivity contribution in [3.05, 3.63) is 58.7 Å². The summed E-state index contributed by atoms with van der Waals surface area (Å²) in [4.78, 5) is 11.1. The van der Waals surface area contributed by atoms with Crippen LogP contribution in [-0.4, -0.2) is 17.6 Å². The van der Waals surface area contributed by atoms with Gasteiger partial charge in [-0.05, 0) is 41.3 Å². The molecule has 19 heavy (non-hydrogen) atoms. The Balaban J connectivity index is 2.23. The van der Waals surface area contributed by atoms with Crippen LogP contribution < -0.4 is 5.73 Å². The molecule has 1 aliphatic carbocycles. The summed E-state index contributed by atoms with van der Waals surface area (Å²) in [5.41, 5.74) is 11.9. The van der Waals surface area contributed by atoms with Crippen LogP contribution in [0.4, 0.5) is 0 Å². The molecule has 3 heteroatoms. The van der Waals surface area contributed by atoms with Crippen LogP contribution in [0.15, 0.2) is 36.4 Å². The molecule has 0 aromatic heterocycles. The molecule has 3 rings (SSSR count). The number of rotatable bonds is 2. The van der Waals surface area contributed by atoms with Crippen molar-refractivity contribution >= 4 is 5.97 Å². The zero-order chi connectivity index (χ0) is 13.6. The zero-order valence-electron chi connectivity index (χ0n) is 10.7. The standard InChI is InChI=1S/C16H15NO2/c1-9-2-4-11-12-5-3-10(16(18)19)7-14(12)15(8-17)13(11)6-9/h2-7,15H,8,17H2,1H3,(H,18,19). The van der Waals surface area contributed by atoms with Gasteiger partial charge in [-0.3, -0.25) is 0 Å². The van der Waals surface area contributed by atoms with Gasteiger partial charge < -0.3 is 10.8 Å². The fourth-order valence-electron chi connectivity index (χ4n) is 2.87. The summed E-state index contributed by atoms with van der Waals surface area (Å²) in [5.74, 6) is -0.796. The van der Waals surface area contributed by atoms with Crippen LogP contribution in [0.25, 0.3) is 11.1 Å². The Kier molecular flexibility index (Phi) is 2.64. The summed E-state index contributed by atoms with van der Waals surface area (Å²) in [7, 11) is 0. The molecule has 0 aliphatic heterocycles. The maximum absolute atomic E-state index is 11.1. The molecule has 0 radical (unpaired) electrons. The molecule has 2 aromatic carbocycles. The highest BCUT2D eigenvalue weighted by atomic mass is 16.4. The smallest absolute Gasteiger partial charge is 0.335 e. The van der Waals surface area contributed by atoms with E-state index in [9.17, 15) is 4.79 Å². The van der Waals surface area contributed by atoms with Crippen molar-refractivity contribution in [3.8, 4) is 11.1 Å². The fraction of sp³-hybridized carbons (Fsp3) is 0.188. The number of hydrogen-bond acceptors (Lipinski definition) is 2. The van der Waals surface area contributed by atoms with Gasteiger partial charge in [0.2, 0.25) is 0 Å². The van der Waals surface area contributed by atoms with E-state index in [-0.39, 0.29) is 5.92 Å². The summed E-state index contributed by atoms with van der Waals surface area (Å²) in [6, 6.07) is 11.6. The van der Waals surface area contributed by atoms with E-state index in [2.05, 4.69) is 25.1 Å². The largest absolute Gasteiger partial charge is 0.478 e. The molecule has 0 spiro atoms. The SMILES string of the molecule is Cc1ccc2c(c1)C(CN)c1cc(C(=O)O)ccc1-2. The van der Waals surface area contributed by atoms with Gasteiger partial charge in [-0.2, -0.15) is 0 Å². The number of aryl methyl sites for hydroxylation is 1. The lowest BCUT2D eigenvalue weighted by Crippen LogP contribution is -2.12. The first-order valence-corrected chi connectivity index (χ1v) is 6.30. The summed E-state index contributed by atoms with van der Waals surface area (Å²) in [6.45, 7) is 2.55. The third kappa shape index (κ3) is 1.74. The van der Waals surface area contributed by atoms with E-state index in [1.165, 1.54) is 16.7 Å². The highest BCUT2D eigenvalue weighted by molar-refractivity contribution is 5.90. The topological polar surface area (TPSA) is 63.3 Å². The van der Waals surface area contributed by atoms with Crippen LogP contribution in [0.5, 0.6) is 0 Å². The second-order valence-electron chi connectivity index (χ2n) is 4.99. The first kappa shape index (κ1) is 11.9. The predicted molar refractivity (Wildman–Crippen MR) is 74.5 cm³/mol. The Labute approximate surface area is 111 Å². The summed E-state index contributed by atoms with van der Waals surface area (Å²) >= 11 is 0. The van der Waals surface area contributed by atoms with Gasteiger partial charge in [-0.1, -0.05) is 29.8 Å². The molecule has 96 valence electrons. The Morgan fingerprint density at radius 2 is 1.79 bits per heavy atom. The first-order chi connectivity index (χ1) is 9.11. The van der Waals surface area contributed by atoms with Crippen molar-refractivity contribution in [3.63, 3.8) is 0 Å². The molecule has 0 bridgehead atoms. The van der Waals surface area contributed by atoms with Crippen LogP contribution in [0.3, 0.4) is 0 Å². The van der Waals surface area contributed by atoms with Crippen molar-refractivity contribution in [2.45, 2.75) is 12.8 Å². The number of carboxylic acid groups (broad SMARTS) is 1. The molecule has 1 unspecified atom stereocenters. The molecule has 0 saturated heterocycles. The van der Waals surface area contributed by atoms with Gasteiger partial charge in [-0.25, -0.2) is 4.79 Å². The molecule has 0 saturated carbocycles. The van der Waals surface area contributed by atoms with Crippen LogP contribution >= 0.6 is 0 Å². The molecule has 0 fully saturated rings. The quantitative estimate of drug-likeness (QED) is 0.865. The summed E-state index contributed by atoms with van der Waals surface area (Å²) in [6.07, 6.45) is 0. The molecule has 0 heterocycles. The average Bonchev–Trinajstić information content (AvgIpc) is 2.70. The van der Waals surface area contributed by atoms with Gasteiger partial charge in [0, 0.05) is 12.5 Å². The number of carbonyl (C=O) groups is 1. The molecule has 2 aromatic rings. The summed E-state index contributed by atoms with van der Waals surface area (Å²) in [5, 5.41) is 9.10. The zero-order valence-corrected chi connectivity index (χ0v) is 10.7. The number of fused-ring (bicyclic) bond motifs is 3. The lowest BCUT2D eigenvalue weighted by Gasteiger charge is -2.11. The second-order valence-corrected chi connectivity index (χ2v) is 4.99. The van der Waals surface area contributed by atoms with Gasteiger partial charge in [0.25, 0.3) is 0 Å². The predicted octanol–water partition coefficient (Wildman–Crippen LogP) is 2.76. The Morgan fingerprint density at radius 1 is 1.16 bits per heavy atom. The second kappa shape index (κ2) is 4.21. The number of nitrogens with two attached hydrogens (primary N) is 1. The Bertz CT molecular complexity index is 676. The van der Waals surface area contributed by atoms with E-state index in [4.69, 9.17) is 10.8 Å². The number of hydrogen-bond donors (Lipinski definition) is 2. The van der Waals surface area contributed by atoms with E-state index < -0.39 is 5.97 Å². The molecule has 3 nitrogen and oxygen atoms in total. The van der Waals surface area contributed by atoms with Crippen LogP contribution in [-0.2, 0) is 0 Å². The van der Waals surface area contributed by atoms with Crippen molar-refractivity contribution in [1.82, 2.24) is 0 Å².